The summed E-state index contributed by atoms with van der Waals surface area (Å²) in [6, 6.07) is 8.43. The monoisotopic (exact) mass is 281 g/mol. The molecule has 1 rings (SSSR count). The highest BCUT2D eigenvalue weighted by molar-refractivity contribution is 7.89. The molecule has 0 saturated carbocycles. The highest BCUT2D eigenvalue weighted by atomic mass is 32.2. The predicted octanol–water partition coefficient (Wildman–Crippen LogP) is 3.84. The Morgan fingerprint density at radius 1 is 1.16 bits per heavy atom. The van der Waals surface area contributed by atoms with Crippen molar-refractivity contribution in [2.45, 2.75) is 50.8 Å². The molecule has 0 unspecified atom stereocenters. The minimum Gasteiger partial charge on any atom is -0.284 e. The van der Waals surface area contributed by atoms with E-state index >= 15 is 0 Å². The lowest BCUT2D eigenvalue weighted by Crippen LogP contribution is -2.21. The number of hydrogen-bond acceptors (Lipinski definition) is 2. The minimum absolute atomic E-state index is 0.300. The highest BCUT2D eigenvalue weighted by Gasteiger charge is 2.12. The predicted molar refractivity (Wildman–Crippen MR) is 79.3 cm³/mol. The summed E-state index contributed by atoms with van der Waals surface area (Å²) < 4.78 is 26.6. The molecule has 0 fully saturated rings. The van der Waals surface area contributed by atoms with E-state index in [-0.39, 0.29) is 0 Å². The van der Waals surface area contributed by atoms with Crippen molar-refractivity contribution in [3.05, 3.63) is 42.1 Å². The van der Waals surface area contributed by atoms with Crippen molar-refractivity contribution in [2.75, 3.05) is 0 Å². The van der Waals surface area contributed by atoms with E-state index in [4.69, 9.17) is 0 Å². The minimum atomic E-state index is -3.43. The van der Waals surface area contributed by atoms with Crippen LogP contribution in [0.4, 0.5) is 0 Å². The van der Waals surface area contributed by atoms with Crippen LogP contribution in [0.15, 0.2) is 47.0 Å². The number of benzene rings is 1. The number of allylic oxidation sites excluding steroid dienone is 2. The molecule has 1 aromatic rings. The summed E-state index contributed by atoms with van der Waals surface area (Å²) in [6.07, 6.45) is 7.63. The van der Waals surface area contributed by atoms with Crippen molar-refractivity contribution in [1.29, 1.82) is 0 Å². The Balaban J connectivity index is 2.51. The molecule has 4 heteroatoms. The topological polar surface area (TPSA) is 46.2 Å². The molecule has 0 bridgehead atoms. The summed E-state index contributed by atoms with van der Waals surface area (Å²) in [5, 5.41) is 0. The summed E-state index contributed by atoms with van der Waals surface area (Å²) >= 11 is 0. The van der Waals surface area contributed by atoms with Gasteiger partial charge in [-0.15, -0.1) is 0 Å². The van der Waals surface area contributed by atoms with Gasteiger partial charge in [0.2, 0.25) is 0 Å². The smallest absolute Gasteiger partial charge is 0.261 e. The van der Waals surface area contributed by atoms with Crippen molar-refractivity contribution >= 4 is 10.0 Å². The van der Waals surface area contributed by atoms with Crippen LogP contribution in [0.3, 0.4) is 0 Å². The van der Waals surface area contributed by atoms with Gasteiger partial charge in [0, 0.05) is 5.70 Å². The van der Waals surface area contributed by atoms with Crippen LogP contribution < -0.4 is 4.72 Å². The van der Waals surface area contributed by atoms with Gasteiger partial charge in [0.25, 0.3) is 10.0 Å². The number of unbranched alkanes of at least 4 members (excludes halogenated alkanes) is 4. The van der Waals surface area contributed by atoms with E-state index in [1.807, 2.05) is 6.08 Å². The van der Waals surface area contributed by atoms with Crippen LogP contribution in [0.5, 0.6) is 0 Å². The maximum atomic E-state index is 12.0. The quantitative estimate of drug-likeness (QED) is 0.736. The van der Waals surface area contributed by atoms with Crippen LogP contribution in [0.25, 0.3) is 0 Å². The van der Waals surface area contributed by atoms with E-state index < -0.39 is 10.0 Å². The largest absolute Gasteiger partial charge is 0.284 e. The van der Waals surface area contributed by atoms with Gasteiger partial charge >= 0.3 is 0 Å². The standard InChI is InChI=1S/C15H23NO2S/c1-3-4-5-6-8-11-14(2)16-19(17,18)15-12-9-7-10-13-15/h7,9-13,16H,3-6,8H2,1-2H3. The third kappa shape index (κ3) is 5.92. The van der Waals surface area contributed by atoms with E-state index in [9.17, 15) is 8.42 Å². The molecule has 19 heavy (non-hydrogen) atoms. The molecule has 3 nitrogen and oxygen atoms in total. The molecule has 1 aromatic carbocycles. The lowest BCUT2D eigenvalue weighted by molar-refractivity contribution is 0.588. The second-order valence-corrected chi connectivity index (χ2v) is 6.34. The van der Waals surface area contributed by atoms with Crippen LogP contribution >= 0.6 is 0 Å². The third-order valence-corrected chi connectivity index (χ3v) is 4.34. The number of sulfonamides is 1. The molecule has 106 valence electrons. The first-order valence-corrected chi connectivity index (χ1v) is 8.29. The summed E-state index contributed by atoms with van der Waals surface area (Å²) in [6.45, 7) is 3.97. The van der Waals surface area contributed by atoms with Gasteiger partial charge in [0.1, 0.15) is 0 Å². The summed E-state index contributed by atoms with van der Waals surface area (Å²) in [4.78, 5) is 0.300. The molecule has 0 aliphatic carbocycles. The van der Waals surface area contributed by atoms with Crippen molar-refractivity contribution in [1.82, 2.24) is 4.72 Å². The molecule has 0 aliphatic heterocycles. The molecule has 0 amide bonds. The van der Waals surface area contributed by atoms with Gasteiger partial charge in [-0.1, -0.05) is 50.5 Å². The van der Waals surface area contributed by atoms with Gasteiger partial charge in [-0.2, -0.15) is 0 Å². The molecule has 0 atom stereocenters. The molecule has 0 spiro atoms. The van der Waals surface area contributed by atoms with E-state index in [1.165, 1.54) is 19.3 Å². The summed E-state index contributed by atoms with van der Waals surface area (Å²) in [5.74, 6) is 0. The normalized spacial score (nSPS) is 12.4. The Hall–Kier alpha value is -1.29. The zero-order valence-electron chi connectivity index (χ0n) is 11.7. The van der Waals surface area contributed by atoms with Crippen LogP contribution in [-0.2, 0) is 10.0 Å². The van der Waals surface area contributed by atoms with Gasteiger partial charge in [0.05, 0.1) is 4.90 Å². The molecular weight excluding hydrogens is 258 g/mol. The molecule has 0 saturated heterocycles. The molecule has 0 heterocycles. The average molecular weight is 281 g/mol. The van der Waals surface area contributed by atoms with Crippen LogP contribution in [-0.4, -0.2) is 8.42 Å². The van der Waals surface area contributed by atoms with Crippen LogP contribution in [0.1, 0.15) is 46.0 Å². The van der Waals surface area contributed by atoms with Gasteiger partial charge in [0.15, 0.2) is 0 Å². The van der Waals surface area contributed by atoms with Gasteiger partial charge in [-0.05, 0) is 31.9 Å². The number of hydrogen-bond donors (Lipinski definition) is 1. The average Bonchev–Trinajstić information content (AvgIpc) is 2.39. The summed E-state index contributed by atoms with van der Waals surface area (Å²) in [5.41, 5.74) is 0.695. The Labute approximate surface area is 116 Å². The number of rotatable bonds is 8. The molecular formula is C15H23NO2S. The second-order valence-electron chi connectivity index (χ2n) is 4.66. The Morgan fingerprint density at radius 2 is 1.84 bits per heavy atom. The van der Waals surface area contributed by atoms with Gasteiger partial charge in [-0.3, -0.25) is 4.72 Å². The Bertz CT molecular complexity index is 492. The Kier molecular flexibility index (Phi) is 6.64. The molecule has 0 aromatic heterocycles. The van der Waals surface area contributed by atoms with Crippen molar-refractivity contribution in [3.8, 4) is 0 Å². The van der Waals surface area contributed by atoms with Crippen molar-refractivity contribution in [3.63, 3.8) is 0 Å². The fourth-order valence-corrected chi connectivity index (χ4v) is 2.94. The van der Waals surface area contributed by atoms with Crippen LogP contribution in [0, 0.1) is 0 Å². The first-order chi connectivity index (χ1) is 9.06. The molecule has 0 radical (unpaired) electrons. The maximum absolute atomic E-state index is 12.0. The van der Waals surface area contributed by atoms with Crippen LogP contribution in [0.2, 0.25) is 0 Å². The fraction of sp³-hybridized carbons (Fsp3) is 0.467. The lowest BCUT2D eigenvalue weighted by atomic mass is 10.1. The lowest BCUT2D eigenvalue weighted by Gasteiger charge is -2.08. The third-order valence-electron chi connectivity index (χ3n) is 2.86. The van der Waals surface area contributed by atoms with E-state index in [2.05, 4.69) is 11.6 Å². The van der Waals surface area contributed by atoms with Crippen molar-refractivity contribution in [2.24, 2.45) is 0 Å². The zero-order valence-corrected chi connectivity index (χ0v) is 12.5. The highest BCUT2D eigenvalue weighted by Crippen LogP contribution is 2.10. The second kappa shape index (κ2) is 8.00. The molecule has 1 N–H and O–H groups in total. The molecule has 0 aliphatic rings. The fourth-order valence-electron chi connectivity index (χ4n) is 1.80. The van der Waals surface area contributed by atoms with E-state index in [1.54, 1.807) is 37.3 Å². The van der Waals surface area contributed by atoms with Crippen molar-refractivity contribution < 1.29 is 8.42 Å². The maximum Gasteiger partial charge on any atom is 0.261 e. The van der Waals surface area contributed by atoms with E-state index in [0.717, 1.165) is 12.8 Å². The summed E-state index contributed by atoms with van der Waals surface area (Å²) in [7, 11) is -3.43. The number of nitrogens with one attached hydrogen (secondary N) is 1. The first-order valence-electron chi connectivity index (χ1n) is 6.81. The van der Waals surface area contributed by atoms with Gasteiger partial charge in [-0.25, -0.2) is 8.42 Å². The SMILES string of the molecule is CCCCCCC=C(C)NS(=O)(=O)c1ccccc1. The first kappa shape index (κ1) is 15.8. The van der Waals surface area contributed by atoms with Gasteiger partial charge < -0.3 is 0 Å². The zero-order chi connectivity index (χ0) is 14.1. The van der Waals surface area contributed by atoms with E-state index in [0.29, 0.717) is 10.6 Å². The Morgan fingerprint density at radius 3 is 2.47 bits per heavy atom.